The van der Waals surface area contributed by atoms with Gasteiger partial charge in [-0.3, -0.25) is 10.1 Å². The zero-order valence-electron chi connectivity index (χ0n) is 13.8. The van der Waals surface area contributed by atoms with Crippen molar-refractivity contribution in [2.24, 2.45) is 0 Å². The minimum Gasteiger partial charge on any atom is -0.307 e. The molecule has 0 aromatic heterocycles. The van der Waals surface area contributed by atoms with Crippen LogP contribution in [0.4, 0.5) is 5.69 Å². The number of non-ortho nitro benzene ring substituents is 1. The average Bonchev–Trinajstić information content (AvgIpc) is 2.34. The third-order valence-electron chi connectivity index (χ3n) is 3.87. The normalized spacial score (nSPS) is 21.0. The van der Waals surface area contributed by atoms with E-state index in [2.05, 4.69) is 10.0 Å². The van der Waals surface area contributed by atoms with Gasteiger partial charge in [0.15, 0.2) is 0 Å². The molecule has 1 aliphatic heterocycles. The Hall–Kier alpha value is -1.51. The highest BCUT2D eigenvalue weighted by molar-refractivity contribution is 7.89. The standard InChI is InChI=1S/C15H23N3O4S/c1-14(2)9-11(10-15(3,4)17-14)16-23(21,22)13-7-5-12(6-8-13)18(19)20/h5-8,11,16-17H,9-10H2,1-4H3. The number of nitro benzene ring substituents is 1. The largest absolute Gasteiger partial charge is 0.307 e. The number of nitro groups is 1. The Morgan fingerprint density at radius 3 is 2.04 bits per heavy atom. The Morgan fingerprint density at radius 2 is 1.61 bits per heavy atom. The first-order valence-corrected chi connectivity index (χ1v) is 8.95. The van der Waals surface area contributed by atoms with E-state index in [0.29, 0.717) is 12.8 Å². The van der Waals surface area contributed by atoms with Gasteiger partial charge in [0.25, 0.3) is 5.69 Å². The second-order valence-corrected chi connectivity index (χ2v) is 9.08. The van der Waals surface area contributed by atoms with E-state index in [9.17, 15) is 18.5 Å². The lowest BCUT2D eigenvalue weighted by molar-refractivity contribution is -0.384. The highest BCUT2D eigenvalue weighted by atomic mass is 32.2. The van der Waals surface area contributed by atoms with Crippen LogP contribution in [0.15, 0.2) is 29.2 Å². The van der Waals surface area contributed by atoms with E-state index in [1.54, 1.807) is 0 Å². The summed E-state index contributed by atoms with van der Waals surface area (Å²) in [5.74, 6) is 0. The van der Waals surface area contributed by atoms with Crippen LogP contribution in [0.25, 0.3) is 0 Å². The van der Waals surface area contributed by atoms with Crippen molar-refractivity contribution in [2.45, 2.75) is 62.6 Å². The molecule has 8 heteroatoms. The minimum atomic E-state index is -3.70. The molecule has 1 aromatic carbocycles. The van der Waals surface area contributed by atoms with Gasteiger partial charge in [0.1, 0.15) is 0 Å². The molecule has 1 aromatic rings. The molecule has 1 fully saturated rings. The summed E-state index contributed by atoms with van der Waals surface area (Å²) in [6.07, 6.45) is 1.34. The summed E-state index contributed by atoms with van der Waals surface area (Å²) in [5.41, 5.74) is -0.484. The molecule has 0 aliphatic carbocycles. The number of benzene rings is 1. The van der Waals surface area contributed by atoms with Crippen LogP contribution in [0, 0.1) is 10.1 Å². The van der Waals surface area contributed by atoms with Gasteiger partial charge in [-0.15, -0.1) is 0 Å². The monoisotopic (exact) mass is 341 g/mol. The van der Waals surface area contributed by atoms with E-state index in [0.717, 1.165) is 0 Å². The van der Waals surface area contributed by atoms with Crippen molar-refractivity contribution < 1.29 is 13.3 Å². The summed E-state index contributed by atoms with van der Waals surface area (Å²) in [6.45, 7) is 8.17. The predicted octanol–water partition coefficient (Wildman–Crippen LogP) is 2.18. The van der Waals surface area contributed by atoms with Crippen molar-refractivity contribution >= 4 is 15.7 Å². The Bertz CT molecular complexity index is 680. The lowest BCUT2D eigenvalue weighted by atomic mass is 9.80. The van der Waals surface area contributed by atoms with Crippen LogP contribution in [0.3, 0.4) is 0 Å². The van der Waals surface area contributed by atoms with Gasteiger partial charge in [0.2, 0.25) is 10.0 Å². The minimum absolute atomic E-state index is 0.0391. The molecule has 0 radical (unpaired) electrons. The smallest absolute Gasteiger partial charge is 0.269 e. The molecular formula is C15H23N3O4S. The maximum absolute atomic E-state index is 12.5. The van der Waals surface area contributed by atoms with Crippen molar-refractivity contribution in [3.05, 3.63) is 34.4 Å². The van der Waals surface area contributed by atoms with Gasteiger partial charge in [-0.05, 0) is 52.7 Å². The summed E-state index contributed by atoms with van der Waals surface area (Å²) in [6, 6.07) is 4.73. The molecule has 0 spiro atoms. The van der Waals surface area contributed by atoms with Gasteiger partial charge in [-0.1, -0.05) is 0 Å². The van der Waals surface area contributed by atoms with Crippen molar-refractivity contribution in [1.82, 2.24) is 10.0 Å². The molecular weight excluding hydrogens is 318 g/mol. The third-order valence-corrected chi connectivity index (χ3v) is 5.41. The van der Waals surface area contributed by atoms with Crippen LogP contribution in [-0.2, 0) is 10.0 Å². The Labute approximate surface area is 136 Å². The summed E-state index contributed by atoms with van der Waals surface area (Å²) in [4.78, 5) is 10.1. The summed E-state index contributed by atoms with van der Waals surface area (Å²) < 4.78 is 27.7. The number of nitrogens with one attached hydrogen (secondary N) is 2. The molecule has 0 bridgehead atoms. The van der Waals surface area contributed by atoms with E-state index < -0.39 is 14.9 Å². The summed E-state index contributed by atoms with van der Waals surface area (Å²) in [7, 11) is -3.70. The maximum Gasteiger partial charge on any atom is 0.269 e. The molecule has 1 aliphatic rings. The Balaban J connectivity index is 2.19. The molecule has 7 nitrogen and oxygen atoms in total. The topological polar surface area (TPSA) is 101 Å². The molecule has 0 unspecified atom stereocenters. The van der Waals surface area contributed by atoms with E-state index >= 15 is 0 Å². The Morgan fingerprint density at radius 1 is 1.13 bits per heavy atom. The summed E-state index contributed by atoms with van der Waals surface area (Å²) >= 11 is 0. The van der Waals surface area contributed by atoms with Crippen LogP contribution < -0.4 is 10.0 Å². The lowest BCUT2D eigenvalue weighted by Crippen LogP contribution is -2.62. The maximum atomic E-state index is 12.5. The number of piperidine rings is 1. The van der Waals surface area contributed by atoms with E-state index in [-0.39, 0.29) is 27.7 Å². The fourth-order valence-electron chi connectivity index (χ4n) is 3.44. The van der Waals surface area contributed by atoms with Crippen molar-refractivity contribution in [1.29, 1.82) is 0 Å². The van der Waals surface area contributed by atoms with Gasteiger partial charge in [0, 0.05) is 29.3 Å². The average molecular weight is 341 g/mol. The molecule has 0 amide bonds. The highest BCUT2D eigenvalue weighted by Gasteiger charge is 2.39. The molecule has 128 valence electrons. The highest BCUT2D eigenvalue weighted by Crippen LogP contribution is 2.29. The van der Waals surface area contributed by atoms with E-state index in [4.69, 9.17) is 0 Å². The predicted molar refractivity (Wildman–Crippen MR) is 87.7 cm³/mol. The number of nitrogens with zero attached hydrogens (tertiary/aromatic N) is 1. The molecule has 23 heavy (non-hydrogen) atoms. The molecule has 1 saturated heterocycles. The second kappa shape index (κ2) is 5.85. The van der Waals surface area contributed by atoms with Crippen LogP contribution in [0.5, 0.6) is 0 Å². The van der Waals surface area contributed by atoms with Crippen LogP contribution in [0.2, 0.25) is 0 Å². The third kappa shape index (κ3) is 4.49. The van der Waals surface area contributed by atoms with Crippen molar-refractivity contribution in [3.8, 4) is 0 Å². The number of sulfonamides is 1. The second-order valence-electron chi connectivity index (χ2n) is 7.37. The first kappa shape index (κ1) is 17.8. The van der Waals surface area contributed by atoms with E-state index in [1.165, 1.54) is 24.3 Å². The zero-order valence-corrected chi connectivity index (χ0v) is 14.6. The SMILES string of the molecule is CC1(C)CC(NS(=O)(=O)c2ccc([N+](=O)[O-])cc2)CC(C)(C)N1. The van der Waals surface area contributed by atoms with Gasteiger partial charge in [-0.25, -0.2) is 13.1 Å². The molecule has 0 saturated carbocycles. The first-order chi connectivity index (χ1) is 10.4. The van der Waals surface area contributed by atoms with Gasteiger partial charge in [0.05, 0.1) is 9.82 Å². The fourth-order valence-corrected chi connectivity index (χ4v) is 4.68. The van der Waals surface area contributed by atoms with Crippen molar-refractivity contribution in [3.63, 3.8) is 0 Å². The molecule has 2 rings (SSSR count). The summed E-state index contributed by atoms with van der Waals surface area (Å²) in [5, 5.41) is 14.2. The van der Waals surface area contributed by atoms with Crippen LogP contribution in [0.1, 0.15) is 40.5 Å². The first-order valence-electron chi connectivity index (χ1n) is 7.46. The zero-order chi connectivity index (χ0) is 17.5. The van der Waals surface area contributed by atoms with Gasteiger partial charge < -0.3 is 5.32 Å². The molecule has 1 heterocycles. The number of rotatable bonds is 4. The quantitative estimate of drug-likeness (QED) is 0.645. The van der Waals surface area contributed by atoms with Crippen LogP contribution in [-0.4, -0.2) is 30.5 Å². The Kier molecular flexibility index (Phi) is 4.53. The van der Waals surface area contributed by atoms with E-state index in [1.807, 2.05) is 27.7 Å². The van der Waals surface area contributed by atoms with Gasteiger partial charge in [-0.2, -0.15) is 0 Å². The number of hydrogen-bond acceptors (Lipinski definition) is 5. The van der Waals surface area contributed by atoms with Gasteiger partial charge >= 0.3 is 0 Å². The van der Waals surface area contributed by atoms with Crippen molar-refractivity contribution in [2.75, 3.05) is 0 Å². The molecule has 0 atom stereocenters. The fraction of sp³-hybridized carbons (Fsp3) is 0.600. The molecule has 2 N–H and O–H groups in total. The number of hydrogen-bond donors (Lipinski definition) is 2. The van der Waals surface area contributed by atoms with Crippen LogP contribution >= 0.6 is 0 Å². The lowest BCUT2D eigenvalue weighted by Gasteiger charge is -2.46.